The van der Waals surface area contributed by atoms with Crippen molar-refractivity contribution in [3.05, 3.63) is 53.3 Å². The highest BCUT2D eigenvalue weighted by Crippen LogP contribution is 2.23. The number of thioether (sulfide) groups is 1. The molecule has 2 aromatic rings. The maximum Gasteiger partial charge on any atom is 0.128 e. The molecule has 4 heteroatoms. The van der Waals surface area contributed by atoms with Gasteiger partial charge in [0.25, 0.3) is 0 Å². The molecule has 1 N–H and O–H groups in total. The SMILES string of the molecule is COc1c(C)cnc(CNCCSc2ccccc2)c1C. The van der Waals surface area contributed by atoms with Crippen molar-refractivity contribution >= 4 is 11.8 Å². The van der Waals surface area contributed by atoms with Crippen LogP contribution >= 0.6 is 11.8 Å². The molecular formula is C17H22N2OS. The summed E-state index contributed by atoms with van der Waals surface area (Å²) < 4.78 is 5.43. The molecule has 1 aromatic carbocycles. The van der Waals surface area contributed by atoms with Crippen molar-refractivity contribution < 1.29 is 4.74 Å². The third kappa shape index (κ3) is 4.48. The molecule has 0 saturated carbocycles. The molecule has 0 radical (unpaired) electrons. The summed E-state index contributed by atoms with van der Waals surface area (Å²) in [5.74, 6) is 1.99. The Morgan fingerprint density at radius 2 is 1.95 bits per heavy atom. The number of rotatable bonds is 7. The van der Waals surface area contributed by atoms with Crippen LogP contribution in [0.1, 0.15) is 16.8 Å². The number of hydrogen-bond acceptors (Lipinski definition) is 4. The number of benzene rings is 1. The van der Waals surface area contributed by atoms with Crippen LogP contribution in [0.2, 0.25) is 0 Å². The molecule has 112 valence electrons. The van der Waals surface area contributed by atoms with Crippen LogP contribution < -0.4 is 10.1 Å². The van der Waals surface area contributed by atoms with Crippen molar-refractivity contribution in [3.63, 3.8) is 0 Å². The van der Waals surface area contributed by atoms with E-state index in [2.05, 4.69) is 41.5 Å². The van der Waals surface area contributed by atoms with Crippen molar-refractivity contribution in [1.82, 2.24) is 10.3 Å². The predicted octanol–water partition coefficient (Wildman–Crippen LogP) is 3.59. The largest absolute Gasteiger partial charge is 0.496 e. The molecule has 0 saturated heterocycles. The number of pyridine rings is 1. The van der Waals surface area contributed by atoms with E-state index in [4.69, 9.17) is 4.74 Å². The standard InChI is InChI=1S/C17H22N2OS/c1-13-11-19-16(14(2)17(13)20-3)12-18-9-10-21-15-7-5-4-6-8-15/h4-8,11,18H,9-10,12H2,1-3H3. The summed E-state index contributed by atoms with van der Waals surface area (Å²) in [7, 11) is 1.71. The van der Waals surface area contributed by atoms with Gasteiger partial charge in [-0.05, 0) is 26.0 Å². The zero-order valence-corrected chi connectivity index (χ0v) is 13.7. The summed E-state index contributed by atoms with van der Waals surface area (Å²) in [6, 6.07) is 10.5. The molecule has 3 nitrogen and oxygen atoms in total. The first-order valence-corrected chi connectivity index (χ1v) is 8.08. The zero-order valence-electron chi connectivity index (χ0n) is 12.8. The number of aryl methyl sites for hydroxylation is 1. The molecule has 1 aromatic heterocycles. The number of methoxy groups -OCH3 is 1. The smallest absolute Gasteiger partial charge is 0.128 e. The zero-order chi connectivity index (χ0) is 15.1. The average Bonchev–Trinajstić information content (AvgIpc) is 2.50. The van der Waals surface area contributed by atoms with E-state index < -0.39 is 0 Å². The number of hydrogen-bond donors (Lipinski definition) is 1. The molecule has 0 fully saturated rings. The number of nitrogens with zero attached hydrogens (tertiary/aromatic N) is 1. The van der Waals surface area contributed by atoms with E-state index in [1.807, 2.05) is 30.9 Å². The van der Waals surface area contributed by atoms with Gasteiger partial charge < -0.3 is 10.1 Å². The molecule has 0 amide bonds. The van der Waals surface area contributed by atoms with Gasteiger partial charge in [0, 0.05) is 41.1 Å². The molecule has 0 aliphatic carbocycles. The lowest BCUT2D eigenvalue weighted by molar-refractivity contribution is 0.406. The monoisotopic (exact) mass is 302 g/mol. The number of ether oxygens (including phenoxy) is 1. The quantitative estimate of drug-likeness (QED) is 0.626. The Labute approximate surface area is 131 Å². The minimum absolute atomic E-state index is 0.776. The van der Waals surface area contributed by atoms with Gasteiger partial charge in [-0.25, -0.2) is 0 Å². The summed E-state index contributed by atoms with van der Waals surface area (Å²) in [4.78, 5) is 5.80. The van der Waals surface area contributed by atoms with Crippen molar-refractivity contribution in [2.24, 2.45) is 0 Å². The topological polar surface area (TPSA) is 34.1 Å². The van der Waals surface area contributed by atoms with Gasteiger partial charge in [0.05, 0.1) is 12.8 Å². The van der Waals surface area contributed by atoms with Gasteiger partial charge in [-0.3, -0.25) is 4.98 Å². The molecule has 0 unspecified atom stereocenters. The van der Waals surface area contributed by atoms with Crippen LogP contribution in [0.5, 0.6) is 5.75 Å². The van der Waals surface area contributed by atoms with Crippen LogP contribution in [0, 0.1) is 13.8 Å². The van der Waals surface area contributed by atoms with Gasteiger partial charge in [0.2, 0.25) is 0 Å². The Balaban J connectivity index is 1.79. The van der Waals surface area contributed by atoms with E-state index in [-0.39, 0.29) is 0 Å². The van der Waals surface area contributed by atoms with Gasteiger partial charge >= 0.3 is 0 Å². The van der Waals surface area contributed by atoms with Crippen molar-refractivity contribution in [2.45, 2.75) is 25.3 Å². The number of nitrogens with one attached hydrogen (secondary N) is 1. The van der Waals surface area contributed by atoms with E-state index >= 15 is 0 Å². The second-order valence-corrected chi connectivity index (χ2v) is 6.05. The first-order chi connectivity index (χ1) is 10.2. The lowest BCUT2D eigenvalue weighted by Crippen LogP contribution is -2.18. The van der Waals surface area contributed by atoms with Gasteiger partial charge in [-0.2, -0.15) is 0 Å². The molecular weight excluding hydrogens is 280 g/mol. The Morgan fingerprint density at radius 1 is 1.19 bits per heavy atom. The Kier molecular flexibility index (Phi) is 6.08. The number of aromatic nitrogens is 1. The van der Waals surface area contributed by atoms with Crippen LogP contribution in [0.25, 0.3) is 0 Å². The molecule has 0 bridgehead atoms. The molecule has 2 rings (SSSR count). The van der Waals surface area contributed by atoms with Crippen LogP contribution in [0.15, 0.2) is 41.4 Å². The highest BCUT2D eigenvalue weighted by Gasteiger charge is 2.08. The summed E-state index contributed by atoms with van der Waals surface area (Å²) >= 11 is 1.86. The fourth-order valence-electron chi connectivity index (χ4n) is 2.21. The third-order valence-electron chi connectivity index (χ3n) is 3.33. The summed E-state index contributed by atoms with van der Waals surface area (Å²) in [5.41, 5.74) is 3.27. The van der Waals surface area contributed by atoms with Gasteiger partial charge in [-0.15, -0.1) is 11.8 Å². The maximum absolute atomic E-state index is 5.43. The summed E-state index contributed by atoms with van der Waals surface area (Å²) in [6.07, 6.45) is 1.88. The van der Waals surface area contributed by atoms with E-state index in [0.717, 1.165) is 41.4 Å². The third-order valence-corrected chi connectivity index (χ3v) is 4.35. The van der Waals surface area contributed by atoms with E-state index in [1.54, 1.807) is 7.11 Å². The molecule has 0 atom stereocenters. The highest BCUT2D eigenvalue weighted by molar-refractivity contribution is 7.99. The molecule has 0 spiro atoms. The first-order valence-electron chi connectivity index (χ1n) is 7.10. The van der Waals surface area contributed by atoms with Gasteiger partial charge in [0.15, 0.2) is 0 Å². The minimum atomic E-state index is 0.776. The molecule has 21 heavy (non-hydrogen) atoms. The van der Waals surface area contributed by atoms with Crippen LogP contribution in [-0.2, 0) is 6.54 Å². The Hall–Kier alpha value is -1.52. The van der Waals surface area contributed by atoms with Crippen LogP contribution in [0.4, 0.5) is 0 Å². The van der Waals surface area contributed by atoms with Crippen LogP contribution in [-0.4, -0.2) is 24.4 Å². The Morgan fingerprint density at radius 3 is 2.67 bits per heavy atom. The predicted molar refractivity (Wildman–Crippen MR) is 89.1 cm³/mol. The van der Waals surface area contributed by atoms with E-state index in [0.29, 0.717) is 0 Å². The first kappa shape index (κ1) is 15.9. The highest BCUT2D eigenvalue weighted by atomic mass is 32.2. The average molecular weight is 302 g/mol. The lowest BCUT2D eigenvalue weighted by atomic mass is 10.1. The minimum Gasteiger partial charge on any atom is -0.496 e. The molecule has 0 aliphatic heterocycles. The maximum atomic E-state index is 5.43. The summed E-state index contributed by atoms with van der Waals surface area (Å²) in [5, 5.41) is 3.44. The van der Waals surface area contributed by atoms with Crippen LogP contribution in [0.3, 0.4) is 0 Å². The lowest BCUT2D eigenvalue weighted by Gasteiger charge is -2.12. The van der Waals surface area contributed by atoms with E-state index in [9.17, 15) is 0 Å². The second-order valence-electron chi connectivity index (χ2n) is 4.88. The van der Waals surface area contributed by atoms with Gasteiger partial charge in [0.1, 0.15) is 5.75 Å². The second kappa shape index (κ2) is 8.05. The van der Waals surface area contributed by atoms with Crippen molar-refractivity contribution in [1.29, 1.82) is 0 Å². The van der Waals surface area contributed by atoms with Gasteiger partial charge in [-0.1, -0.05) is 18.2 Å². The van der Waals surface area contributed by atoms with Crippen molar-refractivity contribution in [2.75, 3.05) is 19.4 Å². The molecule has 0 aliphatic rings. The normalized spacial score (nSPS) is 10.6. The summed E-state index contributed by atoms with van der Waals surface area (Å²) in [6.45, 7) is 5.82. The molecule has 1 heterocycles. The fraction of sp³-hybridized carbons (Fsp3) is 0.353. The van der Waals surface area contributed by atoms with Crippen molar-refractivity contribution in [3.8, 4) is 5.75 Å². The fourth-order valence-corrected chi connectivity index (χ4v) is 3.05. The van der Waals surface area contributed by atoms with E-state index in [1.165, 1.54) is 4.90 Å². The Bertz CT molecular complexity index is 573.